The van der Waals surface area contributed by atoms with Gasteiger partial charge in [-0.2, -0.15) is 0 Å². The second kappa shape index (κ2) is 8.38. The number of methoxy groups -OCH3 is 1. The Labute approximate surface area is 143 Å². The van der Waals surface area contributed by atoms with Crippen LogP contribution in [0.15, 0.2) is 18.2 Å². The van der Waals surface area contributed by atoms with Gasteiger partial charge in [0.1, 0.15) is 13.2 Å². The van der Waals surface area contributed by atoms with Crippen LogP contribution >= 0.6 is 0 Å². The number of fused-ring (bicyclic) bond motifs is 1. The van der Waals surface area contributed by atoms with E-state index in [1.165, 1.54) is 18.4 Å². The molecule has 3 rings (SSSR count). The SMILES string of the molecule is COCCCCNC(=O)CC(c1ccc2c(c1)OCCO2)C1CC1. The van der Waals surface area contributed by atoms with Crippen molar-refractivity contribution in [1.29, 1.82) is 0 Å². The minimum absolute atomic E-state index is 0.138. The van der Waals surface area contributed by atoms with E-state index in [0.717, 1.165) is 37.5 Å². The van der Waals surface area contributed by atoms with Crippen LogP contribution in [0.3, 0.4) is 0 Å². The lowest BCUT2D eigenvalue weighted by atomic mass is 9.90. The van der Waals surface area contributed by atoms with E-state index in [1.54, 1.807) is 7.11 Å². The Morgan fingerprint density at radius 3 is 2.79 bits per heavy atom. The maximum Gasteiger partial charge on any atom is 0.220 e. The molecule has 1 aromatic carbocycles. The fourth-order valence-electron chi connectivity index (χ4n) is 3.22. The molecule has 1 N–H and O–H groups in total. The summed E-state index contributed by atoms with van der Waals surface area (Å²) >= 11 is 0. The van der Waals surface area contributed by atoms with Gasteiger partial charge in [0.2, 0.25) is 5.91 Å². The van der Waals surface area contributed by atoms with Crippen LogP contribution in [0.2, 0.25) is 0 Å². The number of unbranched alkanes of at least 4 members (excludes halogenated alkanes) is 1. The van der Waals surface area contributed by atoms with Gasteiger partial charge in [0.15, 0.2) is 11.5 Å². The average molecular weight is 333 g/mol. The number of benzene rings is 1. The maximum absolute atomic E-state index is 12.3. The smallest absolute Gasteiger partial charge is 0.220 e. The fraction of sp³-hybridized carbons (Fsp3) is 0.632. The molecule has 1 fully saturated rings. The van der Waals surface area contributed by atoms with Crippen molar-refractivity contribution in [3.05, 3.63) is 23.8 Å². The van der Waals surface area contributed by atoms with E-state index in [1.807, 2.05) is 6.07 Å². The highest BCUT2D eigenvalue weighted by Crippen LogP contribution is 2.46. The van der Waals surface area contributed by atoms with Gasteiger partial charge in [-0.1, -0.05) is 6.07 Å². The lowest BCUT2D eigenvalue weighted by molar-refractivity contribution is -0.121. The van der Waals surface area contributed by atoms with Crippen LogP contribution in [0.1, 0.15) is 43.6 Å². The van der Waals surface area contributed by atoms with E-state index in [4.69, 9.17) is 14.2 Å². The lowest BCUT2D eigenvalue weighted by Crippen LogP contribution is -2.26. The van der Waals surface area contributed by atoms with Crippen molar-refractivity contribution in [1.82, 2.24) is 5.32 Å². The highest BCUT2D eigenvalue weighted by molar-refractivity contribution is 5.77. The summed E-state index contributed by atoms with van der Waals surface area (Å²) in [6.45, 7) is 2.66. The summed E-state index contributed by atoms with van der Waals surface area (Å²) in [6.07, 6.45) is 4.90. The van der Waals surface area contributed by atoms with Crippen LogP contribution in [0, 0.1) is 5.92 Å². The first kappa shape index (κ1) is 17.1. The Bertz CT molecular complexity index is 556. The predicted molar refractivity (Wildman–Crippen MR) is 91.6 cm³/mol. The second-order valence-corrected chi connectivity index (χ2v) is 6.60. The van der Waals surface area contributed by atoms with Crippen molar-refractivity contribution in [3.8, 4) is 11.5 Å². The van der Waals surface area contributed by atoms with E-state index < -0.39 is 0 Å². The summed E-state index contributed by atoms with van der Waals surface area (Å²) < 4.78 is 16.3. The molecule has 1 saturated carbocycles. The molecule has 2 aliphatic rings. The van der Waals surface area contributed by atoms with Gasteiger partial charge >= 0.3 is 0 Å². The van der Waals surface area contributed by atoms with Crippen LogP contribution in [0.5, 0.6) is 11.5 Å². The molecule has 1 amide bonds. The quantitative estimate of drug-likeness (QED) is 0.706. The van der Waals surface area contributed by atoms with Crippen LogP contribution in [-0.2, 0) is 9.53 Å². The number of carbonyl (C=O) groups is 1. The molecule has 24 heavy (non-hydrogen) atoms. The predicted octanol–water partition coefficient (Wildman–Crippen LogP) is 2.88. The third-order valence-electron chi connectivity index (χ3n) is 4.69. The first-order valence-electron chi connectivity index (χ1n) is 8.93. The molecule has 5 heteroatoms. The van der Waals surface area contributed by atoms with Gasteiger partial charge in [-0.3, -0.25) is 4.79 Å². The third-order valence-corrected chi connectivity index (χ3v) is 4.69. The van der Waals surface area contributed by atoms with E-state index in [-0.39, 0.29) is 11.8 Å². The molecule has 0 bridgehead atoms. The summed E-state index contributed by atoms with van der Waals surface area (Å²) in [6, 6.07) is 6.12. The van der Waals surface area contributed by atoms with E-state index in [0.29, 0.717) is 25.6 Å². The summed E-state index contributed by atoms with van der Waals surface area (Å²) in [7, 11) is 1.70. The number of nitrogens with one attached hydrogen (secondary N) is 1. The lowest BCUT2D eigenvalue weighted by Gasteiger charge is -2.22. The Hall–Kier alpha value is -1.75. The summed E-state index contributed by atoms with van der Waals surface area (Å²) in [5.74, 6) is 2.65. The van der Waals surface area contributed by atoms with Crippen molar-refractivity contribution in [2.45, 2.75) is 38.0 Å². The molecular formula is C19H27NO4. The average Bonchev–Trinajstić information content (AvgIpc) is 3.44. The third kappa shape index (κ3) is 4.63. The first-order valence-corrected chi connectivity index (χ1v) is 8.93. The van der Waals surface area contributed by atoms with Crippen molar-refractivity contribution in [2.75, 3.05) is 33.5 Å². The molecule has 1 heterocycles. The van der Waals surface area contributed by atoms with Gasteiger partial charge < -0.3 is 19.5 Å². The largest absolute Gasteiger partial charge is 0.486 e. The minimum Gasteiger partial charge on any atom is -0.486 e. The van der Waals surface area contributed by atoms with E-state index in [9.17, 15) is 4.79 Å². The molecule has 1 aliphatic carbocycles. The van der Waals surface area contributed by atoms with Gasteiger partial charge in [0.25, 0.3) is 0 Å². The minimum atomic E-state index is 0.138. The first-order chi connectivity index (χ1) is 11.8. The Morgan fingerprint density at radius 2 is 2.04 bits per heavy atom. The topological polar surface area (TPSA) is 56.8 Å². The monoisotopic (exact) mass is 333 g/mol. The maximum atomic E-state index is 12.3. The van der Waals surface area contributed by atoms with Crippen LogP contribution in [-0.4, -0.2) is 39.4 Å². The molecule has 1 aromatic rings. The molecule has 0 saturated heterocycles. The second-order valence-electron chi connectivity index (χ2n) is 6.60. The van der Waals surface area contributed by atoms with Gasteiger partial charge in [-0.05, 0) is 55.2 Å². The summed E-state index contributed by atoms with van der Waals surface area (Å²) in [5, 5.41) is 3.04. The van der Waals surface area contributed by atoms with Crippen LogP contribution < -0.4 is 14.8 Å². The number of hydrogen-bond acceptors (Lipinski definition) is 4. The highest BCUT2D eigenvalue weighted by Gasteiger charge is 2.34. The Kier molecular flexibility index (Phi) is 5.96. The summed E-state index contributed by atoms with van der Waals surface area (Å²) in [5.41, 5.74) is 1.19. The number of amides is 1. The number of carbonyl (C=O) groups excluding carboxylic acids is 1. The molecule has 1 aliphatic heterocycles. The molecule has 5 nitrogen and oxygen atoms in total. The van der Waals surface area contributed by atoms with Crippen molar-refractivity contribution in [3.63, 3.8) is 0 Å². The fourth-order valence-corrected chi connectivity index (χ4v) is 3.22. The molecule has 132 valence electrons. The van der Waals surface area contributed by atoms with Crippen LogP contribution in [0.25, 0.3) is 0 Å². The normalized spacial score (nSPS) is 17.4. The van der Waals surface area contributed by atoms with Crippen molar-refractivity contribution in [2.24, 2.45) is 5.92 Å². The van der Waals surface area contributed by atoms with Crippen molar-refractivity contribution >= 4 is 5.91 Å². The number of hydrogen-bond donors (Lipinski definition) is 1. The molecule has 0 aromatic heterocycles. The highest BCUT2D eigenvalue weighted by atomic mass is 16.6. The van der Waals surface area contributed by atoms with Crippen molar-refractivity contribution < 1.29 is 19.0 Å². The number of rotatable bonds is 9. The zero-order chi connectivity index (χ0) is 16.8. The number of ether oxygens (including phenoxy) is 3. The molecule has 1 atom stereocenters. The van der Waals surface area contributed by atoms with Gasteiger partial charge in [-0.25, -0.2) is 0 Å². The van der Waals surface area contributed by atoms with Crippen LogP contribution in [0.4, 0.5) is 0 Å². The molecular weight excluding hydrogens is 306 g/mol. The standard InChI is InChI=1S/C19H27NO4/c1-22-9-3-2-8-20-19(21)13-16(14-4-5-14)15-6-7-17-18(12-15)24-11-10-23-17/h6-7,12,14,16H,2-5,8-11,13H2,1H3,(H,20,21). The van der Waals surface area contributed by atoms with E-state index >= 15 is 0 Å². The van der Waals surface area contributed by atoms with Gasteiger partial charge in [0.05, 0.1) is 0 Å². The molecule has 0 radical (unpaired) electrons. The van der Waals surface area contributed by atoms with E-state index in [2.05, 4.69) is 17.4 Å². The Morgan fingerprint density at radius 1 is 1.25 bits per heavy atom. The molecule has 0 spiro atoms. The summed E-state index contributed by atoms with van der Waals surface area (Å²) in [4.78, 5) is 12.3. The Balaban J connectivity index is 1.56. The molecule has 1 unspecified atom stereocenters. The van der Waals surface area contributed by atoms with Gasteiger partial charge in [-0.15, -0.1) is 0 Å². The van der Waals surface area contributed by atoms with Gasteiger partial charge in [0, 0.05) is 26.7 Å². The zero-order valence-corrected chi connectivity index (χ0v) is 14.4. The zero-order valence-electron chi connectivity index (χ0n) is 14.4.